The Labute approximate surface area is 125 Å². The fourth-order valence-corrected chi connectivity index (χ4v) is 3.34. The quantitative estimate of drug-likeness (QED) is 0.437. The summed E-state index contributed by atoms with van der Waals surface area (Å²) in [5.74, 6) is 0. The van der Waals surface area contributed by atoms with E-state index in [2.05, 4.69) is 9.97 Å². The summed E-state index contributed by atoms with van der Waals surface area (Å²) < 4.78 is 0. The maximum Gasteiger partial charge on any atom is 0.212 e. The first kappa shape index (κ1) is 11.6. The fourth-order valence-electron chi connectivity index (χ4n) is 3.34. The zero-order valence-electron chi connectivity index (χ0n) is 11.7. The van der Waals surface area contributed by atoms with E-state index in [1.807, 2.05) is 60.7 Å². The minimum atomic E-state index is 0.0450. The Morgan fingerprint density at radius 1 is 0.591 bits per heavy atom. The number of rotatable bonds is 0. The minimum Gasteiger partial charge on any atom is -0.354 e. The summed E-state index contributed by atoms with van der Waals surface area (Å²) in [6.07, 6.45) is 0. The third kappa shape index (κ3) is 1.37. The highest BCUT2D eigenvalue weighted by molar-refractivity contribution is 6.13. The SMILES string of the molecule is O=c1c2[nH]c3ccccc3c2ccc2[nH]c3ccccc3c12. The summed E-state index contributed by atoms with van der Waals surface area (Å²) in [5, 5.41) is 3.77. The Morgan fingerprint density at radius 2 is 1.27 bits per heavy atom. The molecule has 0 spiro atoms. The fraction of sp³-hybridized carbons (Fsp3) is 0. The lowest BCUT2D eigenvalue weighted by molar-refractivity contribution is 1.53. The van der Waals surface area contributed by atoms with Gasteiger partial charge >= 0.3 is 0 Å². The molecule has 0 aliphatic rings. The molecule has 0 fully saturated rings. The predicted octanol–water partition coefficient (Wildman–Crippen LogP) is 4.32. The van der Waals surface area contributed by atoms with E-state index in [0.717, 1.165) is 38.1 Å². The Bertz CT molecular complexity index is 1240. The number of aromatic nitrogens is 2. The highest BCUT2D eigenvalue weighted by Crippen LogP contribution is 2.27. The highest BCUT2D eigenvalue weighted by Gasteiger charge is 2.11. The Morgan fingerprint density at radius 3 is 2.09 bits per heavy atom. The number of para-hydroxylation sites is 2. The van der Waals surface area contributed by atoms with Gasteiger partial charge < -0.3 is 9.97 Å². The molecule has 2 aromatic heterocycles. The molecule has 104 valence electrons. The van der Waals surface area contributed by atoms with Gasteiger partial charge in [0.15, 0.2) is 0 Å². The predicted molar refractivity (Wildman–Crippen MR) is 91.4 cm³/mol. The maximum atomic E-state index is 13.1. The number of nitrogens with one attached hydrogen (secondary N) is 2. The van der Waals surface area contributed by atoms with E-state index in [1.54, 1.807) is 0 Å². The van der Waals surface area contributed by atoms with Crippen molar-refractivity contribution in [2.75, 3.05) is 0 Å². The Balaban J connectivity index is 2.13. The normalized spacial score (nSPS) is 11.8. The van der Waals surface area contributed by atoms with Crippen molar-refractivity contribution in [1.82, 2.24) is 9.97 Å². The average molecular weight is 284 g/mol. The maximum absolute atomic E-state index is 13.1. The van der Waals surface area contributed by atoms with E-state index < -0.39 is 0 Å². The van der Waals surface area contributed by atoms with Gasteiger partial charge in [-0.05, 0) is 24.3 Å². The molecule has 5 rings (SSSR count). The van der Waals surface area contributed by atoms with Crippen molar-refractivity contribution in [3.05, 3.63) is 70.9 Å². The van der Waals surface area contributed by atoms with Crippen LogP contribution in [-0.2, 0) is 0 Å². The summed E-state index contributed by atoms with van der Waals surface area (Å²) >= 11 is 0. The van der Waals surface area contributed by atoms with E-state index in [0.29, 0.717) is 5.52 Å². The van der Waals surface area contributed by atoms with E-state index >= 15 is 0 Å². The second-order valence-electron chi connectivity index (χ2n) is 5.58. The van der Waals surface area contributed by atoms with Crippen LogP contribution in [0.5, 0.6) is 0 Å². The first-order valence-corrected chi connectivity index (χ1v) is 7.27. The van der Waals surface area contributed by atoms with Crippen molar-refractivity contribution >= 4 is 43.6 Å². The van der Waals surface area contributed by atoms with Gasteiger partial charge in [0.05, 0.1) is 16.4 Å². The first-order chi connectivity index (χ1) is 10.8. The lowest BCUT2D eigenvalue weighted by atomic mass is 10.2. The van der Waals surface area contributed by atoms with Gasteiger partial charge in [-0.25, -0.2) is 0 Å². The number of fused-ring (bicyclic) bond motifs is 6. The number of aromatic amines is 2. The third-order valence-corrected chi connectivity index (χ3v) is 4.35. The number of H-pyrrole nitrogens is 2. The van der Waals surface area contributed by atoms with Crippen molar-refractivity contribution in [3.63, 3.8) is 0 Å². The molecule has 0 saturated carbocycles. The van der Waals surface area contributed by atoms with Crippen molar-refractivity contribution < 1.29 is 0 Å². The average Bonchev–Trinajstić information content (AvgIpc) is 3.07. The van der Waals surface area contributed by atoms with Crippen LogP contribution < -0.4 is 5.43 Å². The molecular weight excluding hydrogens is 272 g/mol. The molecule has 0 atom stereocenters. The van der Waals surface area contributed by atoms with E-state index in [4.69, 9.17) is 0 Å². The lowest BCUT2D eigenvalue weighted by Crippen LogP contribution is -1.97. The molecule has 2 heterocycles. The second-order valence-corrected chi connectivity index (χ2v) is 5.58. The smallest absolute Gasteiger partial charge is 0.212 e. The van der Waals surface area contributed by atoms with Gasteiger partial charge in [-0.1, -0.05) is 36.4 Å². The molecule has 0 saturated heterocycles. The van der Waals surface area contributed by atoms with Crippen LogP contribution in [0.15, 0.2) is 65.5 Å². The molecule has 0 amide bonds. The molecule has 0 unspecified atom stereocenters. The highest BCUT2D eigenvalue weighted by atomic mass is 16.1. The standard InChI is InChI=1S/C19H12N2O/c22-19-17-13-6-2-4-8-15(13)20-16(17)10-9-12-11-5-1-3-7-14(11)21-18(12)19/h1-10,20-21H. The van der Waals surface area contributed by atoms with Crippen molar-refractivity contribution in [1.29, 1.82) is 0 Å². The lowest BCUT2D eigenvalue weighted by Gasteiger charge is -1.87. The third-order valence-electron chi connectivity index (χ3n) is 4.35. The molecule has 5 aromatic rings. The van der Waals surface area contributed by atoms with Gasteiger partial charge in [0, 0.05) is 27.2 Å². The van der Waals surface area contributed by atoms with Gasteiger partial charge in [0.2, 0.25) is 5.43 Å². The van der Waals surface area contributed by atoms with E-state index in [9.17, 15) is 4.79 Å². The van der Waals surface area contributed by atoms with Gasteiger partial charge in [-0.15, -0.1) is 0 Å². The number of hydrogen-bond donors (Lipinski definition) is 2. The number of hydrogen-bond acceptors (Lipinski definition) is 1. The van der Waals surface area contributed by atoms with Crippen LogP contribution in [-0.4, -0.2) is 9.97 Å². The molecule has 3 aromatic carbocycles. The Kier molecular flexibility index (Phi) is 2.09. The summed E-state index contributed by atoms with van der Waals surface area (Å²) in [7, 11) is 0. The van der Waals surface area contributed by atoms with Crippen LogP contribution in [0.4, 0.5) is 0 Å². The van der Waals surface area contributed by atoms with Gasteiger partial charge in [0.25, 0.3) is 0 Å². The van der Waals surface area contributed by atoms with Crippen LogP contribution in [0.25, 0.3) is 43.6 Å². The van der Waals surface area contributed by atoms with Crippen LogP contribution in [0.3, 0.4) is 0 Å². The molecular formula is C19H12N2O. The first-order valence-electron chi connectivity index (χ1n) is 7.27. The van der Waals surface area contributed by atoms with Crippen molar-refractivity contribution in [2.45, 2.75) is 0 Å². The monoisotopic (exact) mass is 284 g/mol. The van der Waals surface area contributed by atoms with Crippen LogP contribution in [0.1, 0.15) is 0 Å². The summed E-state index contributed by atoms with van der Waals surface area (Å²) in [4.78, 5) is 19.7. The van der Waals surface area contributed by atoms with E-state index in [1.165, 1.54) is 0 Å². The summed E-state index contributed by atoms with van der Waals surface area (Å²) in [5.41, 5.74) is 3.57. The number of benzene rings is 2. The molecule has 0 aliphatic carbocycles. The van der Waals surface area contributed by atoms with Crippen LogP contribution in [0, 0.1) is 0 Å². The molecule has 3 nitrogen and oxygen atoms in total. The molecule has 0 bridgehead atoms. The van der Waals surface area contributed by atoms with E-state index in [-0.39, 0.29) is 5.43 Å². The molecule has 0 aliphatic heterocycles. The second kappa shape index (κ2) is 3.98. The molecule has 22 heavy (non-hydrogen) atoms. The van der Waals surface area contributed by atoms with Crippen LogP contribution >= 0.6 is 0 Å². The van der Waals surface area contributed by atoms with Crippen molar-refractivity contribution in [3.8, 4) is 0 Å². The van der Waals surface area contributed by atoms with Crippen LogP contribution in [0.2, 0.25) is 0 Å². The van der Waals surface area contributed by atoms with Crippen molar-refractivity contribution in [2.24, 2.45) is 0 Å². The van der Waals surface area contributed by atoms with Gasteiger partial charge in [0.1, 0.15) is 0 Å². The molecule has 2 N–H and O–H groups in total. The van der Waals surface area contributed by atoms with Gasteiger partial charge in [-0.2, -0.15) is 0 Å². The topological polar surface area (TPSA) is 48.6 Å². The summed E-state index contributed by atoms with van der Waals surface area (Å²) in [6.45, 7) is 0. The Hall–Kier alpha value is -3.07. The summed E-state index contributed by atoms with van der Waals surface area (Å²) in [6, 6.07) is 20.0. The largest absolute Gasteiger partial charge is 0.354 e. The zero-order valence-corrected chi connectivity index (χ0v) is 11.7. The minimum absolute atomic E-state index is 0.0450. The molecule has 3 heteroatoms. The molecule has 0 radical (unpaired) electrons. The zero-order chi connectivity index (χ0) is 14.7. The van der Waals surface area contributed by atoms with Gasteiger partial charge in [-0.3, -0.25) is 4.79 Å².